The van der Waals surface area contributed by atoms with Crippen LogP contribution in [-0.2, 0) is 4.79 Å². The maximum atomic E-state index is 12.8. The zero-order chi connectivity index (χ0) is 17.8. The number of aromatic nitrogens is 2. The van der Waals surface area contributed by atoms with E-state index in [0.717, 1.165) is 36.6 Å². The molecule has 0 bridgehead atoms. The number of rotatable bonds is 4. The van der Waals surface area contributed by atoms with Crippen LogP contribution >= 0.6 is 0 Å². The summed E-state index contributed by atoms with van der Waals surface area (Å²) in [6, 6.07) is 12.0. The molecule has 0 spiro atoms. The predicted octanol–water partition coefficient (Wildman–Crippen LogP) is 3.76. The Morgan fingerprint density at radius 1 is 1.20 bits per heavy atom. The second kappa shape index (κ2) is 7.64. The van der Waals surface area contributed by atoms with Gasteiger partial charge in [-0.05, 0) is 49.4 Å². The van der Waals surface area contributed by atoms with Crippen LogP contribution in [0.3, 0.4) is 0 Å². The molecule has 0 aliphatic carbocycles. The fourth-order valence-electron chi connectivity index (χ4n) is 3.31. The van der Waals surface area contributed by atoms with E-state index in [1.165, 1.54) is 5.56 Å². The first-order valence-electron chi connectivity index (χ1n) is 8.99. The predicted molar refractivity (Wildman–Crippen MR) is 101 cm³/mol. The Hall–Kier alpha value is -2.43. The maximum Gasteiger partial charge on any atom is 0.229 e. The van der Waals surface area contributed by atoms with Gasteiger partial charge in [0, 0.05) is 18.8 Å². The van der Waals surface area contributed by atoms with E-state index in [4.69, 9.17) is 0 Å². The van der Waals surface area contributed by atoms with E-state index in [-0.39, 0.29) is 11.8 Å². The van der Waals surface area contributed by atoms with Crippen molar-refractivity contribution in [2.24, 2.45) is 5.92 Å². The summed E-state index contributed by atoms with van der Waals surface area (Å²) in [7, 11) is 0. The second-order valence-corrected chi connectivity index (χ2v) is 7.05. The Morgan fingerprint density at radius 3 is 2.72 bits per heavy atom. The minimum atomic E-state index is -0.0305. The fraction of sp³-hybridized carbons (Fsp3) is 0.450. The van der Waals surface area contributed by atoms with E-state index in [1.54, 1.807) is 0 Å². The van der Waals surface area contributed by atoms with Crippen molar-refractivity contribution in [3.8, 4) is 0 Å². The standard InChI is InChI=1S/C20H26N4O/c1-14(2)17-8-4-5-9-18(17)21-20(25)16-7-6-12-24(13-16)19-11-10-15(3)22-23-19/h4-5,8-11,14,16H,6-7,12-13H2,1-3H3,(H,21,25). The van der Waals surface area contributed by atoms with Crippen molar-refractivity contribution in [3.63, 3.8) is 0 Å². The maximum absolute atomic E-state index is 12.8. The number of hydrogen-bond acceptors (Lipinski definition) is 4. The third kappa shape index (κ3) is 4.16. The summed E-state index contributed by atoms with van der Waals surface area (Å²) in [5.41, 5.74) is 3.00. The Bertz CT molecular complexity index is 727. The number of nitrogens with zero attached hydrogens (tertiary/aromatic N) is 3. The quantitative estimate of drug-likeness (QED) is 0.922. The van der Waals surface area contributed by atoms with E-state index in [1.807, 2.05) is 37.3 Å². The van der Waals surface area contributed by atoms with Gasteiger partial charge >= 0.3 is 0 Å². The molecule has 0 saturated carbocycles. The molecule has 1 atom stereocenters. The lowest BCUT2D eigenvalue weighted by Crippen LogP contribution is -2.41. The molecule has 1 aromatic carbocycles. The van der Waals surface area contributed by atoms with Gasteiger partial charge in [-0.25, -0.2) is 0 Å². The van der Waals surface area contributed by atoms with Crippen LogP contribution in [0.5, 0.6) is 0 Å². The summed E-state index contributed by atoms with van der Waals surface area (Å²) in [4.78, 5) is 15.0. The second-order valence-electron chi connectivity index (χ2n) is 7.05. The number of carbonyl (C=O) groups excluding carboxylic acids is 1. The van der Waals surface area contributed by atoms with Crippen molar-refractivity contribution >= 4 is 17.4 Å². The Labute approximate surface area is 149 Å². The third-order valence-corrected chi connectivity index (χ3v) is 4.74. The highest BCUT2D eigenvalue weighted by Gasteiger charge is 2.27. The summed E-state index contributed by atoms with van der Waals surface area (Å²) >= 11 is 0. The smallest absolute Gasteiger partial charge is 0.229 e. The summed E-state index contributed by atoms with van der Waals surface area (Å²) < 4.78 is 0. The monoisotopic (exact) mass is 338 g/mol. The zero-order valence-corrected chi connectivity index (χ0v) is 15.2. The molecule has 1 amide bonds. The SMILES string of the molecule is Cc1ccc(N2CCCC(C(=O)Nc3ccccc3C(C)C)C2)nn1. The van der Waals surface area contributed by atoms with Gasteiger partial charge in [0.05, 0.1) is 11.6 Å². The van der Waals surface area contributed by atoms with Crippen LogP contribution in [0.4, 0.5) is 11.5 Å². The number of carbonyl (C=O) groups is 1. The molecule has 5 heteroatoms. The molecule has 1 unspecified atom stereocenters. The Morgan fingerprint density at radius 2 is 2.00 bits per heavy atom. The molecule has 1 aliphatic rings. The summed E-state index contributed by atoms with van der Waals surface area (Å²) in [6.45, 7) is 7.82. The minimum absolute atomic E-state index is 0.0305. The number of piperidine rings is 1. The van der Waals surface area contributed by atoms with Crippen LogP contribution in [-0.4, -0.2) is 29.2 Å². The molecule has 1 aromatic heterocycles. The topological polar surface area (TPSA) is 58.1 Å². The summed E-state index contributed by atoms with van der Waals surface area (Å²) in [6.07, 6.45) is 1.89. The number of hydrogen-bond donors (Lipinski definition) is 1. The molecule has 1 saturated heterocycles. The first kappa shape index (κ1) is 17.4. The zero-order valence-electron chi connectivity index (χ0n) is 15.2. The van der Waals surface area contributed by atoms with Crippen LogP contribution in [0.25, 0.3) is 0 Å². The van der Waals surface area contributed by atoms with Gasteiger partial charge in [-0.15, -0.1) is 5.10 Å². The van der Waals surface area contributed by atoms with E-state index in [2.05, 4.69) is 40.3 Å². The van der Waals surface area contributed by atoms with E-state index in [0.29, 0.717) is 12.5 Å². The molecule has 2 aromatic rings. The number of para-hydroxylation sites is 1. The Balaban J connectivity index is 1.69. The van der Waals surface area contributed by atoms with Crippen LogP contribution in [0.15, 0.2) is 36.4 Å². The molecular formula is C20H26N4O. The molecular weight excluding hydrogens is 312 g/mol. The number of amides is 1. The van der Waals surface area contributed by atoms with Crippen molar-refractivity contribution in [1.29, 1.82) is 0 Å². The van der Waals surface area contributed by atoms with E-state index >= 15 is 0 Å². The normalized spacial score (nSPS) is 17.6. The van der Waals surface area contributed by atoms with Crippen LogP contribution < -0.4 is 10.2 Å². The van der Waals surface area contributed by atoms with Gasteiger partial charge in [0.15, 0.2) is 5.82 Å². The van der Waals surface area contributed by atoms with Crippen molar-refractivity contribution in [3.05, 3.63) is 47.7 Å². The van der Waals surface area contributed by atoms with Crippen molar-refractivity contribution in [2.45, 2.75) is 39.5 Å². The van der Waals surface area contributed by atoms with E-state index < -0.39 is 0 Å². The minimum Gasteiger partial charge on any atom is -0.354 e. The molecule has 1 aliphatic heterocycles. The van der Waals surface area contributed by atoms with Gasteiger partial charge in [-0.3, -0.25) is 4.79 Å². The number of benzene rings is 1. The average Bonchev–Trinajstić information content (AvgIpc) is 2.62. The molecule has 132 valence electrons. The highest BCUT2D eigenvalue weighted by molar-refractivity contribution is 5.93. The largest absolute Gasteiger partial charge is 0.354 e. The van der Waals surface area contributed by atoms with Gasteiger partial charge in [-0.2, -0.15) is 5.10 Å². The molecule has 3 rings (SSSR count). The molecule has 1 fully saturated rings. The first-order chi connectivity index (χ1) is 12.0. The lowest BCUT2D eigenvalue weighted by atomic mass is 9.96. The molecule has 0 radical (unpaired) electrons. The van der Waals surface area contributed by atoms with E-state index in [9.17, 15) is 4.79 Å². The summed E-state index contributed by atoms with van der Waals surface area (Å²) in [5.74, 6) is 1.29. The molecule has 1 N–H and O–H groups in total. The van der Waals surface area contributed by atoms with Gasteiger partial charge in [0.2, 0.25) is 5.91 Å². The third-order valence-electron chi connectivity index (χ3n) is 4.74. The lowest BCUT2D eigenvalue weighted by molar-refractivity contribution is -0.120. The summed E-state index contributed by atoms with van der Waals surface area (Å²) in [5, 5.41) is 11.5. The number of aryl methyl sites for hydroxylation is 1. The number of anilines is 2. The Kier molecular flexibility index (Phi) is 5.31. The fourth-order valence-corrected chi connectivity index (χ4v) is 3.31. The van der Waals surface area contributed by atoms with Gasteiger partial charge in [0.25, 0.3) is 0 Å². The van der Waals surface area contributed by atoms with Gasteiger partial charge < -0.3 is 10.2 Å². The molecule has 25 heavy (non-hydrogen) atoms. The number of nitrogens with one attached hydrogen (secondary N) is 1. The van der Waals surface area contributed by atoms with Crippen molar-refractivity contribution < 1.29 is 4.79 Å². The average molecular weight is 338 g/mol. The highest BCUT2D eigenvalue weighted by atomic mass is 16.1. The van der Waals surface area contributed by atoms with Crippen molar-refractivity contribution in [2.75, 3.05) is 23.3 Å². The molecule has 2 heterocycles. The van der Waals surface area contributed by atoms with Crippen LogP contribution in [0, 0.1) is 12.8 Å². The lowest BCUT2D eigenvalue weighted by Gasteiger charge is -2.32. The van der Waals surface area contributed by atoms with Crippen LogP contribution in [0.1, 0.15) is 43.9 Å². The van der Waals surface area contributed by atoms with Crippen molar-refractivity contribution in [1.82, 2.24) is 10.2 Å². The molecule has 5 nitrogen and oxygen atoms in total. The van der Waals surface area contributed by atoms with Gasteiger partial charge in [0.1, 0.15) is 0 Å². The first-order valence-corrected chi connectivity index (χ1v) is 8.99. The van der Waals surface area contributed by atoms with Gasteiger partial charge in [-0.1, -0.05) is 32.0 Å². The van der Waals surface area contributed by atoms with Crippen LogP contribution in [0.2, 0.25) is 0 Å². The highest BCUT2D eigenvalue weighted by Crippen LogP contribution is 2.26.